The molecular formula is C16H17F2NO4S. The van der Waals surface area contributed by atoms with Crippen LogP contribution in [0.1, 0.15) is 5.56 Å². The van der Waals surface area contributed by atoms with Gasteiger partial charge in [-0.2, -0.15) is 0 Å². The SMILES string of the molecule is COc1cc(F)c(S(=O)(=O)NCCc2ccc(F)cc2)cc1OC. The molecule has 130 valence electrons. The van der Waals surface area contributed by atoms with Crippen molar-refractivity contribution in [3.63, 3.8) is 0 Å². The molecule has 0 atom stereocenters. The Kier molecular flexibility index (Phi) is 5.74. The summed E-state index contributed by atoms with van der Waals surface area (Å²) in [6.45, 7) is 0.0434. The molecule has 8 heteroatoms. The molecule has 1 N–H and O–H groups in total. The fourth-order valence-corrected chi connectivity index (χ4v) is 3.20. The molecule has 2 rings (SSSR count). The van der Waals surface area contributed by atoms with Crippen LogP contribution >= 0.6 is 0 Å². The molecule has 5 nitrogen and oxygen atoms in total. The second-order valence-corrected chi connectivity index (χ2v) is 6.65. The number of hydrogen-bond donors (Lipinski definition) is 1. The molecular weight excluding hydrogens is 340 g/mol. The van der Waals surface area contributed by atoms with Crippen LogP contribution in [0, 0.1) is 11.6 Å². The minimum atomic E-state index is -4.06. The molecule has 0 aliphatic rings. The number of nitrogens with one attached hydrogen (secondary N) is 1. The van der Waals surface area contributed by atoms with E-state index in [1.165, 1.54) is 26.4 Å². The number of halogens is 2. The minimum absolute atomic E-state index is 0.0434. The quantitative estimate of drug-likeness (QED) is 0.827. The monoisotopic (exact) mass is 357 g/mol. The maximum atomic E-state index is 14.0. The lowest BCUT2D eigenvalue weighted by molar-refractivity contribution is 0.350. The summed E-state index contributed by atoms with van der Waals surface area (Å²) < 4.78 is 63.6. The molecule has 0 aromatic heterocycles. The van der Waals surface area contributed by atoms with Gasteiger partial charge in [0, 0.05) is 18.7 Å². The van der Waals surface area contributed by atoms with E-state index in [4.69, 9.17) is 9.47 Å². The highest BCUT2D eigenvalue weighted by atomic mass is 32.2. The first kappa shape index (κ1) is 18.2. The Balaban J connectivity index is 2.13. The molecule has 0 heterocycles. The van der Waals surface area contributed by atoms with E-state index < -0.39 is 20.7 Å². The fraction of sp³-hybridized carbons (Fsp3) is 0.250. The van der Waals surface area contributed by atoms with Gasteiger partial charge in [-0.15, -0.1) is 0 Å². The molecule has 0 aliphatic heterocycles. The van der Waals surface area contributed by atoms with Crippen molar-refractivity contribution in [2.75, 3.05) is 20.8 Å². The first-order valence-electron chi connectivity index (χ1n) is 7.03. The maximum Gasteiger partial charge on any atom is 0.243 e. The Morgan fingerprint density at radius 3 is 2.17 bits per heavy atom. The number of hydrogen-bond acceptors (Lipinski definition) is 4. The zero-order valence-corrected chi connectivity index (χ0v) is 14.0. The van der Waals surface area contributed by atoms with Gasteiger partial charge in [-0.05, 0) is 24.1 Å². The third-order valence-electron chi connectivity index (χ3n) is 3.35. The van der Waals surface area contributed by atoms with Gasteiger partial charge in [0.25, 0.3) is 0 Å². The van der Waals surface area contributed by atoms with Crippen LogP contribution in [0.25, 0.3) is 0 Å². The first-order chi connectivity index (χ1) is 11.4. The number of methoxy groups -OCH3 is 2. The predicted octanol–water partition coefficient (Wildman–Crippen LogP) is 2.50. The van der Waals surface area contributed by atoms with E-state index in [-0.39, 0.29) is 23.9 Å². The molecule has 24 heavy (non-hydrogen) atoms. The lowest BCUT2D eigenvalue weighted by Crippen LogP contribution is -2.27. The van der Waals surface area contributed by atoms with Crippen LogP contribution in [-0.2, 0) is 16.4 Å². The van der Waals surface area contributed by atoms with Crippen LogP contribution in [0.5, 0.6) is 11.5 Å². The third kappa shape index (κ3) is 4.21. The summed E-state index contributed by atoms with van der Waals surface area (Å²) in [7, 11) is -1.41. The van der Waals surface area contributed by atoms with Crippen molar-refractivity contribution in [3.05, 3.63) is 53.6 Å². The van der Waals surface area contributed by atoms with Crippen LogP contribution in [-0.4, -0.2) is 29.2 Å². The molecule has 0 fully saturated rings. The molecule has 0 unspecified atom stereocenters. The summed E-state index contributed by atoms with van der Waals surface area (Å²) in [5.74, 6) is -1.10. The van der Waals surface area contributed by atoms with E-state index in [9.17, 15) is 17.2 Å². The first-order valence-corrected chi connectivity index (χ1v) is 8.51. The number of ether oxygens (including phenoxy) is 2. The summed E-state index contributed by atoms with van der Waals surface area (Å²) in [6, 6.07) is 7.71. The van der Waals surface area contributed by atoms with Crippen molar-refractivity contribution < 1.29 is 26.7 Å². The van der Waals surface area contributed by atoms with E-state index in [1.54, 1.807) is 12.1 Å². The topological polar surface area (TPSA) is 64.6 Å². The molecule has 2 aromatic rings. The van der Waals surface area contributed by atoms with Gasteiger partial charge in [0.1, 0.15) is 16.5 Å². The van der Waals surface area contributed by atoms with Crippen molar-refractivity contribution in [1.82, 2.24) is 4.72 Å². The largest absolute Gasteiger partial charge is 0.493 e. The fourth-order valence-electron chi connectivity index (χ4n) is 2.10. The van der Waals surface area contributed by atoms with E-state index in [0.29, 0.717) is 6.42 Å². The van der Waals surface area contributed by atoms with Crippen molar-refractivity contribution in [1.29, 1.82) is 0 Å². The highest BCUT2D eigenvalue weighted by Crippen LogP contribution is 2.31. The van der Waals surface area contributed by atoms with Gasteiger partial charge in [-0.3, -0.25) is 0 Å². The Labute approximate surface area is 139 Å². The van der Waals surface area contributed by atoms with E-state index in [1.807, 2.05) is 0 Å². The molecule has 0 amide bonds. The zero-order valence-electron chi connectivity index (χ0n) is 13.2. The van der Waals surface area contributed by atoms with Gasteiger partial charge in [0.15, 0.2) is 11.5 Å². The second kappa shape index (κ2) is 7.59. The van der Waals surface area contributed by atoms with E-state index in [0.717, 1.165) is 17.7 Å². The summed E-state index contributed by atoms with van der Waals surface area (Å²) in [5.41, 5.74) is 0.756. The van der Waals surface area contributed by atoms with Crippen LogP contribution in [0.3, 0.4) is 0 Å². The zero-order chi connectivity index (χ0) is 17.7. The van der Waals surface area contributed by atoms with E-state index in [2.05, 4.69) is 4.72 Å². The van der Waals surface area contributed by atoms with Crippen molar-refractivity contribution in [2.45, 2.75) is 11.3 Å². The number of rotatable bonds is 7. The third-order valence-corrected chi connectivity index (χ3v) is 4.82. The van der Waals surface area contributed by atoms with Crippen LogP contribution in [0.15, 0.2) is 41.3 Å². The molecule has 0 aliphatic carbocycles. The lowest BCUT2D eigenvalue weighted by Gasteiger charge is -2.12. The summed E-state index contributed by atoms with van der Waals surface area (Å²) >= 11 is 0. The lowest BCUT2D eigenvalue weighted by atomic mass is 10.1. The highest BCUT2D eigenvalue weighted by Gasteiger charge is 2.22. The molecule has 0 bridgehead atoms. The van der Waals surface area contributed by atoms with Gasteiger partial charge in [-0.1, -0.05) is 12.1 Å². The summed E-state index contributed by atoms with van der Waals surface area (Å²) in [4.78, 5) is -0.528. The number of benzene rings is 2. The van der Waals surface area contributed by atoms with Crippen LogP contribution < -0.4 is 14.2 Å². The van der Waals surface area contributed by atoms with Crippen LogP contribution in [0.4, 0.5) is 8.78 Å². The number of sulfonamides is 1. The smallest absolute Gasteiger partial charge is 0.243 e. The molecule has 0 saturated carbocycles. The Morgan fingerprint density at radius 1 is 1.00 bits per heavy atom. The van der Waals surface area contributed by atoms with Crippen molar-refractivity contribution >= 4 is 10.0 Å². The van der Waals surface area contributed by atoms with Gasteiger partial charge in [0.05, 0.1) is 14.2 Å². The average molecular weight is 357 g/mol. The Morgan fingerprint density at radius 2 is 1.58 bits per heavy atom. The predicted molar refractivity (Wildman–Crippen MR) is 84.8 cm³/mol. The Hall–Kier alpha value is -2.19. The average Bonchev–Trinajstić information content (AvgIpc) is 2.56. The molecule has 0 spiro atoms. The van der Waals surface area contributed by atoms with Crippen molar-refractivity contribution in [2.24, 2.45) is 0 Å². The second-order valence-electron chi connectivity index (χ2n) is 4.91. The summed E-state index contributed by atoms with van der Waals surface area (Å²) in [5, 5.41) is 0. The highest BCUT2D eigenvalue weighted by molar-refractivity contribution is 7.89. The maximum absolute atomic E-state index is 14.0. The molecule has 0 radical (unpaired) electrons. The molecule has 0 saturated heterocycles. The van der Waals surface area contributed by atoms with Gasteiger partial charge >= 0.3 is 0 Å². The van der Waals surface area contributed by atoms with Crippen molar-refractivity contribution in [3.8, 4) is 11.5 Å². The van der Waals surface area contributed by atoms with Gasteiger partial charge in [0.2, 0.25) is 10.0 Å². The molecule has 2 aromatic carbocycles. The Bertz CT molecular complexity index is 808. The van der Waals surface area contributed by atoms with E-state index >= 15 is 0 Å². The summed E-state index contributed by atoms with van der Waals surface area (Å²) in [6.07, 6.45) is 0.342. The van der Waals surface area contributed by atoms with Crippen LogP contribution in [0.2, 0.25) is 0 Å². The standard InChI is InChI=1S/C16H17F2NO4S/c1-22-14-9-13(18)16(10-15(14)23-2)24(20,21)19-8-7-11-3-5-12(17)6-4-11/h3-6,9-10,19H,7-8H2,1-2H3. The van der Waals surface area contributed by atoms with Gasteiger partial charge in [-0.25, -0.2) is 21.9 Å². The normalized spacial score (nSPS) is 11.3. The van der Waals surface area contributed by atoms with Gasteiger partial charge < -0.3 is 9.47 Å². The minimum Gasteiger partial charge on any atom is -0.493 e.